The molecule has 1 N–H and O–H groups in total. The van der Waals surface area contributed by atoms with Crippen LogP contribution in [0.2, 0.25) is 0 Å². The van der Waals surface area contributed by atoms with Gasteiger partial charge in [-0.3, -0.25) is 4.79 Å². The van der Waals surface area contributed by atoms with Gasteiger partial charge in [-0.15, -0.1) is 0 Å². The maximum atomic E-state index is 12.2. The molecule has 18 heavy (non-hydrogen) atoms. The molecule has 0 unspecified atom stereocenters. The summed E-state index contributed by atoms with van der Waals surface area (Å²) in [5.74, 6) is 0.0402. The lowest BCUT2D eigenvalue weighted by atomic mass is 10.1. The van der Waals surface area contributed by atoms with Gasteiger partial charge < -0.3 is 5.32 Å². The van der Waals surface area contributed by atoms with E-state index in [1.54, 1.807) is 6.08 Å². The minimum Gasteiger partial charge on any atom is -0.326 e. The van der Waals surface area contributed by atoms with Crippen molar-refractivity contribution >= 4 is 34.8 Å². The molecule has 0 radical (unpaired) electrons. The van der Waals surface area contributed by atoms with E-state index in [0.29, 0.717) is 0 Å². The Morgan fingerprint density at radius 1 is 1.28 bits per heavy atom. The molecule has 4 heteroatoms. The van der Waals surface area contributed by atoms with Crippen molar-refractivity contribution in [1.29, 1.82) is 0 Å². The highest BCUT2D eigenvalue weighted by molar-refractivity contribution is 6.55. The van der Waals surface area contributed by atoms with Gasteiger partial charge in [0.15, 0.2) is 0 Å². The maximum absolute atomic E-state index is 12.2. The predicted molar refractivity (Wildman–Crippen MR) is 75.6 cm³/mol. The number of hydrogen-bond donors (Lipinski definition) is 1. The van der Waals surface area contributed by atoms with Crippen LogP contribution in [0.25, 0.3) is 0 Å². The van der Waals surface area contributed by atoms with Crippen molar-refractivity contribution in [2.45, 2.75) is 13.8 Å². The molecular weight excluding hydrogens is 269 g/mol. The fourth-order valence-electron chi connectivity index (χ4n) is 2.37. The Hall–Kier alpha value is -0.990. The standard InChI is InChI=1S/C14H15Cl2NO/c1-14(2)10(8-11(15)16)12(14)13(18)17-9-6-4-3-5-7-9/h3-8,10,12H,1-2H3,(H,17,18)/t10-,12+/m1/s1. The first-order valence-corrected chi connectivity index (χ1v) is 6.57. The van der Waals surface area contributed by atoms with Crippen molar-refractivity contribution in [3.8, 4) is 0 Å². The summed E-state index contributed by atoms with van der Waals surface area (Å²) >= 11 is 11.3. The van der Waals surface area contributed by atoms with E-state index in [4.69, 9.17) is 23.2 Å². The number of anilines is 1. The molecule has 0 saturated heterocycles. The third-order valence-electron chi connectivity index (χ3n) is 3.54. The molecule has 0 spiro atoms. The summed E-state index contributed by atoms with van der Waals surface area (Å²) in [5.41, 5.74) is 0.721. The van der Waals surface area contributed by atoms with Crippen LogP contribution in [-0.4, -0.2) is 5.91 Å². The molecule has 1 saturated carbocycles. The van der Waals surface area contributed by atoms with Gasteiger partial charge in [-0.05, 0) is 29.5 Å². The summed E-state index contributed by atoms with van der Waals surface area (Å²) in [5, 5.41) is 2.91. The quantitative estimate of drug-likeness (QED) is 0.884. The number of para-hydroxylation sites is 1. The molecule has 1 amide bonds. The minimum atomic E-state index is -0.0894. The zero-order chi connectivity index (χ0) is 13.3. The van der Waals surface area contributed by atoms with Crippen LogP contribution in [0.4, 0.5) is 5.69 Å². The number of hydrogen-bond acceptors (Lipinski definition) is 1. The van der Waals surface area contributed by atoms with E-state index >= 15 is 0 Å². The van der Waals surface area contributed by atoms with E-state index in [2.05, 4.69) is 5.32 Å². The predicted octanol–water partition coefficient (Wildman–Crippen LogP) is 4.22. The molecule has 0 bridgehead atoms. The van der Waals surface area contributed by atoms with Crippen molar-refractivity contribution in [2.24, 2.45) is 17.3 Å². The number of benzene rings is 1. The summed E-state index contributed by atoms with van der Waals surface area (Å²) in [6, 6.07) is 9.43. The van der Waals surface area contributed by atoms with E-state index in [9.17, 15) is 4.79 Å². The molecular formula is C14H15Cl2NO. The summed E-state index contributed by atoms with van der Waals surface area (Å²) in [6.07, 6.45) is 1.75. The average molecular weight is 284 g/mol. The van der Waals surface area contributed by atoms with Gasteiger partial charge in [0.05, 0.1) is 5.92 Å². The highest BCUT2D eigenvalue weighted by Crippen LogP contribution is 2.59. The maximum Gasteiger partial charge on any atom is 0.228 e. The lowest BCUT2D eigenvalue weighted by Gasteiger charge is -2.05. The van der Waals surface area contributed by atoms with Crippen LogP contribution < -0.4 is 5.32 Å². The van der Waals surface area contributed by atoms with Gasteiger partial charge in [0.25, 0.3) is 0 Å². The minimum absolute atomic E-state index is 0.0158. The molecule has 0 heterocycles. The second-order valence-corrected chi connectivity index (χ2v) is 6.14. The van der Waals surface area contributed by atoms with Crippen LogP contribution in [0.5, 0.6) is 0 Å². The Balaban J connectivity index is 2.05. The molecule has 2 rings (SSSR count). The van der Waals surface area contributed by atoms with Crippen LogP contribution in [0.15, 0.2) is 40.9 Å². The summed E-state index contributed by atoms with van der Waals surface area (Å²) in [6.45, 7) is 4.08. The monoisotopic (exact) mass is 283 g/mol. The number of nitrogens with one attached hydrogen (secondary N) is 1. The Morgan fingerprint density at radius 3 is 2.44 bits per heavy atom. The third-order valence-corrected chi connectivity index (χ3v) is 3.79. The first-order chi connectivity index (χ1) is 8.43. The highest BCUT2D eigenvalue weighted by atomic mass is 35.5. The van der Waals surface area contributed by atoms with E-state index in [-0.39, 0.29) is 27.6 Å². The fourth-order valence-corrected chi connectivity index (χ4v) is 2.64. The topological polar surface area (TPSA) is 29.1 Å². The number of amides is 1. The smallest absolute Gasteiger partial charge is 0.228 e. The van der Waals surface area contributed by atoms with Crippen molar-refractivity contribution in [2.75, 3.05) is 5.32 Å². The molecule has 2 nitrogen and oxygen atoms in total. The van der Waals surface area contributed by atoms with Gasteiger partial charge in [0.2, 0.25) is 5.91 Å². The van der Waals surface area contributed by atoms with Gasteiger partial charge in [-0.2, -0.15) is 0 Å². The van der Waals surface area contributed by atoms with Crippen LogP contribution >= 0.6 is 23.2 Å². The zero-order valence-electron chi connectivity index (χ0n) is 10.3. The number of rotatable bonds is 3. The molecule has 1 aromatic rings. The first kappa shape index (κ1) is 13.4. The lowest BCUT2D eigenvalue weighted by molar-refractivity contribution is -0.118. The fraction of sp³-hybridized carbons (Fsp3) is 0.357. The van der Waals surface area contributed by atoms with Crippen molar-refractivity contribution in [1.82, 2.24) is 0 Å². The van der Waals surface area contributed by atoms with Gasteiger partial charge in [0, 0.05) is 5.69 Å². The first-order valence-electron chi connectivity index (χ1n) is 5.81. The molecule has 96 valence electrons. The number of carbonyl (C=O) groups excluding carboxylic acids is 1. The van der Waals surface area contributed by atoms with Gasteiger partial charge in [-0.25, -0.2) is 0 Å². The molecule has 1 fully saturated rings. The number of halogens is 2. The van der Waals surface area contributed by atoms with E-state index in [1.165, 1.54) is 0 Å². The third kappa shape index (κ3) is 2.70. The molecule has 2 atom stereocenters. The second kappa shape index (κ2) is 4.94. The Kier molecular flexibility index (Phi) is 3.69. The Labute approximate surface area is 117 Å². The normalized spacial score (nSPS) is 24.2. The van der Waals surface area contributed by atoms with Crippen LogP contribution in [-0.2, 0) is 4.79 Å². The van der Waals surface area contributed by atoms with E-state index in [0.717, 1.165) is 5.69 Å². The molecule has 1 aliphatic rings. The van der Waals surface area contributed by atoms with Gasteiger partial charge in [0.1, 0.15) is 4.49 Å². The van der Waals surface area contributed by atoms with Crippen molar-refractivity contribution in [3.63, 3.8) is 0 Å². The number of carbonyl (C=O) groups is 1. The Morgan fingerprint density at radius 2 is 1.89 bits per heavy atom. The average Bonchev–Trinajstić information content (AvgIpc) is 2.80. The number of allylic oxidation sites excluding steroid dienone is 1. The zero-order valence-corrected chi connectivity index (χ0v) is 11.8. The largest absolute Gasteiger partial charge is 0.326 e. The van der Waals surface area contributed by atoms with Crippen molar-refractivity contribution in [3.05, 3.63) is 40.9 Å². The summed E-state index contributed by atoms with van der Waals surface area (Å²) in [4.78, 5) is 12.2. The summed E-state index contributed by atoms with van der Waals surface area (Å²) in [7, 11) is 0. The van der Waals surface area contributed by atoms with Crippen molar-refractivity contribution < 1.29 is 4.79 Å². The molecule has 1 aliphatic carbocycles. The van der Waals surface area contributed by atoms with Crippen LogP contribution in [0.3, 0.4) is 0 Å². The van der Waals surface area contributed by atoms with E-state index < -0.39 is 0 Å². The second-order valence-electron chi connectivity index (χ2n) is 5.14. The molecule has 1 aromatic carbocycles. The highest BCUT2D eigenvalue weighted by Gasteiger charge is 2.60. The van der Waals surface area contributed by atoms with Crippen LogP contribution in [0.1, 0.15) is 13.8 Å². The molecule has 0 aromatic heterocycles. The lowest BCUT2D eigenvalue weighted by Crippen LogP contribution is -2.16. The van der Waals surface area contributed by atoms with Gasteiger partial charge >= 0.3 is 0 Å². The molecule has 0 aliphatic heterocycles. The Bertz CT molecular complexity index is 478. The SMILES string of the molecule is CC1(C)[C@H](C=C(Cl)Cl)[C@H]1C(=O)Nc1ccccc1. The van der Waals surface area contributed by atoms with Gasteiger partial charge in [-0.1, -0.05) is 55.2 Å². The van der Waals surface area contributed by atoms with E-state index in [1.807, 2.05) is 44.2 Å². The summed E-state index contributed by atoms with van der Waals surface area (Å²) < 4.78 is 0.225. The van der Waals surface area contributed by atoms with Crippen LogP contribution in [0, 0.1) is 17.3 Å².